The van der Waals surface area contributed by atoms with Crippen LogP contribution in [-0.4, -0.2) is 22.2 Å². The summed E-state index contributed by atoms with van der Waals surface area (Å²) in [6.45, 7) is 4.03. The standard InChI is InChI=1S/C13H24O4.Li.H/c1-3-5-7-9-13(11(14)15,12(16)17)10-8-6-4-2;;/h3-10H2,1-2H3,(H,14,15)(H,16,17);;/q;+1;-1. The summed E-state index contributed by atoms with van der Waals surface area (Å²) in [4.78, 5) is 22.5. The minimum atomic E-state index is -1.57. The van der Waals surface area contributed by atoms with Crippen LogP contribution in [0, 0.1) is 5.41 Å². The summed E-state index contributed by atoms with van der Waals surface area (Å²) in [5.41, 5.74) is -1.57. The van der Waals surface area contributed by atoms with Gasteiger partial charge in [-0.2, -0.15) is 0 Å². The Morgan fingerprint density at radius 2 is 1.22 bits per heavy atom. The molecular formula is C13H25LiO4. The number of carbonyl (C=O) groups is 2. The van der Waals surface area contributed by atoms with Crippen LogP contribution in [-0.2, 0) is 9.59 Å². The van der Waals surface area contributed by atoms with E-state index in [1.54, 1.807) is 0 Å². The quantitative estimate of drug-likeness (QED) is 0.336. The summed E-state index contributed by atoms with van der Waals surface area (Å²) in [6, 6.07) is 0. The van der Waals surface area contributed by atoms with Crippen molar-refractivity contribution in [2.24, 2.45) is 5.41 Å². The fourth-order valence-corrected chi connectivity index (χ4v) is 2.00. The van der Waals surface area contributed by atoms with Gasteiger partial charge >= 0.3 is 30.8 Å². The Hall–Kier alpha value is -0.463. The van der Waals surface area contributed by atoms with Gasteiger partial charge in [0.25, 0.3) is 0 Å². The Morgan fingerprint density at radius 1 is 0.889 bits per heavy atom. The van der Waals surface area contributed by atoms with Crippen molar-refractivity contribution >= 4 is 11.9 Å². The van der Waals surface area contributed by atoms with Crippen LogP contribution in [0.1, 0.15) is 66.6 Å². The van der Waals surface area contributed by atoms with E-state index >= 15 is 0 Å². The molecule has 2 N–H and O–H groups in total. The van der Waals surface area contributed by atoms with Gasteiger partial charge in [-0.15, -0.1) is 0 Å². The van der Waals surface area contributed by atoms with Crippen molar-refractivity contribution in [3.8, 4) is 0 Å². The van der Waals surface area contributed by atoms with E-state index in [0.29, 0.717) is 12.8 Å². The summed E-state index contributed by atoms with van der Waals surface area (Å²) in [7, 11) is 0. The molecule has 0 spiro atoms. The van der Waals surface area contributed by atoms with E-state index in [1.807, 2.05) is 13.8 Å². The first-order valence-electron chi connectivity index (χ1n) is 6.48. The molecule has 0 bridgehead atoms. The topological polar surface area (TPSA) is 74.6 Å². The molecule has 0 radical (unpaired) electrons. The summed E-state index contributed by atoms with van der Waals surface area (Å²) in [6.07, 6.45) is 5.52. The maximum absolute atomic E-state index is 11.3. The maximum Gasteiger partial charge on any atom is 1.00 e. The van der Waals surface area contributed by atoms with E-state index in [0.717, 1.165) is 25.7 Å². The monoisotopic (exact) mass is 252 g/mol. The van der Waals surface area contributed by atoms with E-state index < -0.39 is 17.4 Å². The molecule has 0 amide bonds. The van der Waals surface area contributed by atoms with Crippen LogP contribution >= 0.6 is 0 Å². The number of unbranched alkanes of at least 4 members (excludes halogenated alkanes) is 4. The number of hydrogen-bond donors (Lipinski definition) is 2. The second kappa shape index (κ2) is 10.5. The summed E-state index contributed by atoms with van der Waals surface area (Å²) < 4.78 is 0. The van der Waals surface area contributed by atoms with Crippen LogP contribution in [0.4, 0.5) is 0 Å². The molecule has 102 valence electrons. The van der Waals surface area contributed by atoms with Crippen molar-refractivity contribution in [3.63, 3.8) is 0 Å². The normalized spacial score (nSPS) is 10.8. The average Bonchev–Trinajstić information content (AvgIpc) is 2.26. The van der Waals surface area contributed by atoms with Gasteiger partial charge in [-0.05, 0) is 12.8 Å². The van der Waals surface area contributed by atoms with Crippen molar-refractivity contribution in [1.82, 2.24) is 0 Å². The Labute approximate surface area is 123 Å². The predicted molar refractivity (Wildman–Crippen MR) is 67.1 cm³/mol. The van der Waals surface area contributed by atoms with Crippen LogP contribution < -0.4 is 18.9 Å². The van der Waals surface area contributed by atoms with Crippen LogP contribution in [0.15, 0.2) is 0 Å². The SMILES string of the molecule is CCCCCC(CCCCC)(C(=O)O)C(=O)O.[H-].[Li+]. The second-order valence-electron chi connectivity index (χ2n) is 4.61. The molecule has 0 atom stereocenters. The molecular weight excluding hydrogens is 227 g/mol. The second-order valence-corrected chi connectivity index (χ2v) is 4.61. The van der Waals surface area contributed by atoms with Crippen molar-refractivity contribution in [1.29, 1.82) is 0 Å². The minimum absolute atomic E-state index is 0. The van der Waals surface area contributed by atoms with Crippen molar-refractivity contribution in [2.45, 2.75) is 65.2 Å². The third kappa shape index (κ3) is 5.93. The Morgan fingerprint density at radius 3 is 1.44 bits per heavy atom. The van der Waals surface area contributed by atoms with Gasteiger partial charge in [-0.1, -0.05) is 52.4 Å². The summed E-state index contributed by atoms with van der Waals surface area (Å²) >= 11 is 0. The fourth-order valence-electron chi connectivity index (χ4n) is 2.00. The first-order valence-corrected chi connectivity index (χ1v) is 6.48. The zero-order chi connectivity index (χ0) is 13.3. The molecule has 0 aromatic carbocycles. The third-order valence-electron chi connectivity index (χ3n) is 3.23. The first-order chi connectivity index (χ1) is 8.01. The van der Waals surface area contributed by atoms with Crippen molar-refractivity contribution < 1.29 is 40.1 Å². The van der Waals surface area contributed by atoms with Crippen LogP contribution in [0.2, 0.25) is 0 Å². The van der Waals surface area contributed by atoms with Gasteiger partial charge in [-0.25, -0.2) is 0 Å². The molecule has 0 saturated carbocycles. The molecule has 0 aromatic rings. The van der Waals surface area contributed by atoms with Crippen LogP contribution in [0.5, 0.6) is 0 Å². The van der Waals surface area contributed by atoms with E-state index in [2.05, 4.69) is 0 Å². The number of hydrogen-bond acceptors (Lipinski definition) is 2. The van der Waals surface area contributed by atoms with Crippen LogP contribution in [0.25, 0.3) is 0 Å². The van der Waals surface area contributed by atoms with E-state index in [1.165, 1.54) is 0 Å². The molecule has 0 rings (SSSR count). The molecule has 5 heteroatoms. The molecule has 0 fully saturated rings. The Balaban J connectivity index is -0.00000128. The molecule has 0 saturated heterocycles. The molecule has 0 unspecified atom stereocenters. The smallest absolute Gasteiger partial charge is 1.00 e. The van der Waals surface area contributed by atoms with Gasteiger partial charge in [0, 0.05) is 0 Å². The number of carboxylic acids is 2. The molecule has 18 heavy (non-hydrogen) atoms. The minimum Gasteiger partial charge on any atom is -1.00 e. The zero-order valence-corrected chi connectivity index (χ0v) is 11.9. The molecule has 0 aliphatic heterocycles. The third-order valence-corrected chi connectivity index (χ3v) is 3.23. The fraction of sp³-hybridized carbons (Fsp3) is 0.846. The Bertz CT molecular complexity index is 233. The number of aliphatic carboxylic acids is 2. The van der Waals surface area contributed by atoms with E-state index in [-0.39, 0.29) is 33.1 Å². The van der Waals surface area contributed by atoms with Crippen molar-refractivity contribution in [2.75, 3.05) is 0 Å². The van der Waals surface area contributed by atoms with Gasteiger partial charge in [0.15, 0.2) is 5.41 Å². The number of carboxylic acid groups (broad SMARTS) is 2. The van der Waals surface area contributed by atoms with Gasteiger partial charge in [0.1, 0.15) is 0 Å². The Kier molecular flexibility index (Phi) is 11.5. The number of rotatable bonds is 10. The zero-order valence-electron chi connectivity index (χ0n) is 12.9. The molecule has 0 aliphatic carbocycles. The van der Waals surface area contributed by atoms with E-state index in [4.69, 9.17) is 0 Å². The van der Waals surface area contributed by atoms with Gasteiger partial charge in [0.05, 0.1) is 0 Å². The molecule has 0 aromatic heterocycles. The predicted octanol–water partition coefficient (Wildman–Crippen LogP) is 0.419. The van der Waals surface area contributed by atoms with Crippen molar-refractivity contribution in [3.05, 3.63) is 0 Å². The average molecular weight is 252 g/mol. The van der Waals surface area contributed by atoms with Gasteiger partial charge in [0.2, 0.25) is 0 Å². The van der Waals surface area contributed by atoms with E-state index in [9.17, 15) is 19.8 Å². The largest absolute Gasteiger partial charge is 1.00 e. The summed E-state index contributed by atoms with van der Waals surface area (Å²) in [5.74, 6) is -2.37. The maximum atomic E-state index is 11.3. The van der Waals surface area contributed by atoms with Crippen LogP contribution in [0.3, 0.4) is 0 Å². The molecule has 4 nitrogen and oxygen atoms in total. The first kappa shape index (κ1) is 19.9. The van der Waals surface area contributed by atoms with Gasteiger partial charge in [-0.3, -0.25) is 9.59 Å². The molecule has 0 aliphatic rings. The molecule has 0 heterocycles. The summed E-state index contributed by atoms with van der Waals surface area (Å²) in [5, 5.41) is 18.4. The van der Waals surface area contributed by atoms with Gasteiger partial charge < -0.3 is 11.6 Å².